The maximum Gasteiger partial charge on any atom is 0.416 e. The molecule has 4 rings (SSSR count). The van der Waals surface area contributed by atoms with Crippen LogP contribution in [0.5, 0.6) is 5.75 Å². The van der Waals surface area contributed by atoms with Crippen LogP contribution in [0.25, 0.3) is 11.4 Å². The molecular weight excluding hydrogens is 415 g/mol. The Kier molecular flexibility index (Phi) is 5.09. The van der Waals surface area contributed by atoms with Gasteiger partial charge in [0.25, 0.3) is 0 Å². The molecule has 0 saturated heterocycles. The van der Waals surface area contributed by atoms with E-state index in [0.29, 0.717) is 11.3 Å². The highest BCUT2D eigenvalue weighted by atomic mass is 19.4. The summed E-state index contributed by atoms with van der Waals surface area (Å²) < 4.78 is 45.1. The van der Waals surface area contributed by atoms with Gasteiger partial charge in [0, 0.05) is 11.3 Å². The largest absolute Gasteiger partial charge is 0.497 e. The molecule has 0 aliphatic carbocycles. The molecule has 8 nitrogen and oxygen atoms in total. The molecule has 0 saturated carbocycles. The summed E-state index contributed by atoms with van der Waals surface area (Å²) in [6.07, 6.45) is -4.78. The quantitative estimate of drug-likeness (QED) is 0.659. The van der Waals surface area contributed by atoms with Gasteiger partial charge < -0.3 is 10.1 Å². The Morgan fingerprint density at radius 2 is 1.97 bits per heavy atom. The van der Waals surface area contributed by atoms with Crippen molar-refractivity contribution in [2.24, 2.45) is 0 Å². The number of hydrogen-bond acceptors (Lipinski definition) is 5. The Bertz CT molecular complexity index is 1140. The van der Waals surface area contributed by atoms with Crippen molar-refractivity contribution < 1.29 is 27.5 Å². The average Bonchev–Trinajstić information content (AvgIpc) is 3.16. The lowest BCUT2D eigenvalue weighted by Crippen LogP contribution is -2.36. The lowest BCUT2D eigenvalue weighted by Gasteiger charge is -2.22. The highest BCUT2D eigenvalue weighted by Gasteiger charge is 2.34. The van der Waals surface area contributed by atoms with Gasteiger partial charge in [-0.25, -0.2) is 4.68 Å². The number of nitrogens with one attached hydrogen (secondary N) is 2. The molecule has 3 aromatic rings. The second-order valence-electron chi connectivity index (χ2n) is 6.77. The fourth-order valence-electron chi connectivity index (χ4n) is 3.13. The number of halogens is 3. The molecule has 0 bridgehead atoms. The molecule has 2 aromatic carbocycles. The van der Waals surface area contributed by atoms with Crippen molar-refractivity contribution in [3.63, 3.8) is 0 Å². The monoisotopic (exact) mass is 431 g/mol. The zero-order chi connectivity index (χ0) is 22.2. The molecule has 2 heterocycles. The molecule has 1 unspecified atom stereocenters. The predicted octanol–water partition coefficient (Wildman–Crippen LogP) is 3.49. The number of methoxy groups -OCH3 is 1. The van der Waals surface area contributed by atoms with E-state index in [2.05, 4.69) is 20.7 Å². The number of carbonyl (C=O) groups is 2. The van der Waals surface area contributed by atoms with Gasteiger partial charge in [-0.05, 0) is 42.5 Å². The van der Waals surface area contributed by atoms with E-state index in [9.17, 15) is 22.8 Å². The molecule has 160 valence electrons. The molecule has 1 atom stereocenters. The number of alkyl halides is 3. The maximum absolute atomic E-state index is 12.9. The van der Waals surface area contributed by atoms with Gasteiger partial charge in [-0.15, -0.1) is 5.10 Å². The first kappa shape index (κ1) is 20.4. The molecule has 11 heteroatoms. The number of aromatic nitrogens is 3. The molecule has 0 spiro atoms. The van der Waals surface area contributed by atoms with Gasteiger partial charge in [-0.2, -0.15) is 18.2 Å². The van der Waals surface area contributed by atoms with Crippen molar-refractivity contribution >= 4 is 23.5 Å². The third-order valence-electron chi connectivity index (χ3n) is 4.66. The first-order chi connectivity index (χ1) is 14.7. The Balaban J connectivity index is 1.61. The molecule has 1 aliphatic rings. The van der Waals surface area contributed by atoms with Crippen LogP contribution in [0.4, 0.5) is 24.8 Å². The summed E-state index contributed by atoms with van der Waals surface area (Å²) in [4.78, 5) is 29.1. The molecule has 2 amide bonds. The van der Waals surface area contributed by atoms with Gasteiger partial charge in [0.2, 0.25) is 17.8 Å². The average molecular weight is 431 g/mol. The van der Waals surface area contributed by atoms with E-state index in [1.165, 1.54) is 23.9 Å². The van der Waals surface area contributed by atoms with Gasteiger partial charge in [-0.1, -0.05) is 6.07 Å². The van der Waals surface area contributed by atoms with Crippen LogP contribution in [0, 0.1) is 0 Å². The van der Waals surface area contributed by atoms with Crippen LogP contribution in [0.3, 0.4) is 0 Å². The molecule has 1 aromatic heterocycles. The fraction of sp³-hybridized carbons (Fsp3) is 0.200. The number of rotatable bonds is 4. The summed E-state index contributed by atoms with van der Waals surface area (Å²) in [6, 6.07) is 10.1. The van der Waals surface area contributed by atoms with Crippen LogP contribution in [-0.4, -0.2) is 33.7 Å². The molecule has 0 fully saturated rings. The van der Waals surface area contributed by atoms with Gasteiger partial charge in [0.1, 0.15) is 11.8 Å². The SMILES string of the molecule is COc1ccc(-c2nc3n(n2)C(C(=O)Nc2cccc(C(F)(F)F)c2)CC(=O)N3)cc1. The molecule has 2 N–H and O–H groups in total. The van der Waals surface area contributed by atoms with E-state index in [1.807, 2.05) is 0 Å². The first-order valence-electron chi connectivity index (χ1n) is 9.13. The molecule has 31 heavy (non-hydrogen) atoms. The van der Waals surface area contributed by atoms with E-state index < -0.39 is 29.6 Å². The minimum Gasteiger partial charge on any atom is -0.497 e. The van der Waals surface area contributed by atoms with E-state index in [4.69, 9.17) is 4.74 Å². The Labute approximate surface area is 174 Å². The number of anilines is 2. The fourth-order valence-corrected chi connectivity index (χ4v) is 3.13. The zero-order valence-corrected chi connectivity index (χ0v) is 16.1. The summed E-state index contributed by atoms with van der Waals surface area (Å²) in [6.45, 7) is 0. The summed E-state index contributed by atoms with van der Waals surface area (Å²) in [5, 5.41) is 9.29. The van der Waals surface area contributed by atoms with Crippen molar-refractivity contribution in [2.75, 3.05) is 17.7 Å². The third-order valence-corrected chi connectivity index (χ3v) is 4.66. The van der Waals surface area contributed by atoms with Crippen LogP contribution in [0.2, 0.25) is 0 Å². The van der Waals surface area contributed by atoms with Crippen LogP contribution < -0.4 is 15.4 Å². The van der Waals surface area contributed by atoms with Crippen LogP contribution >= 0.6 is 0 Å². The van der Waals surface area contributed by atoms with Crippen molar-refractivity contribution in [1.82, 2.24) is 14.8 Å². The number of carbonyl (C=O) groups excluding carboxylic acids is 2. The number of ether oxygens (including phenoxy) is 1. The molecular formula is C20H16F3N5O3. The van der Waals surface area contributed by atoms with Crippen molar-refractivity contribution in [3.05, 3.63) is 54.1 Å². The Morgan fingerprint density at radius 3 is 2.65 bits per heavy atom. The highest BCUT2D eigenvalue weighted by Crippen LogP contribution is 2.32. The van der Waals surface area contributed by atoms with Crippen LogP contribution in [0.15, 0.2) is 48.5 Å². The van der Waals surface area contributed by atoms with Gasteiger partial charge in [0.05, 0.1) is 19.1 Å². The van der Waals surface area contributed by atoms with E-state index in [-0.39, 0.29) is 23.9 Å². The summed E-state index contributed by atoms with van der Waals surface area (Å²) >= 11 is 0. The topological polar surface area (TPSA) is 98.1 Å². The number of nitrogens with zero attached hydrogens (tertiary/aromatic N) is 3. The van der Waals surface area contributed by atoms with Gasteiger partial charge in [-0.3, -0.25) is 14.9 Å². The van der Waals surface area contributed by atoms with Crippen LogP contribution in [-0.2, 0) is 15.8 Å². The maximum atomic E-state index is 12.9. The second kappa shape index (κ2) is 7.74. The molecule has 0 radical (unpaired) electrons. The highest BCUT2D eigenvalue weighted by molar-refractivity contribution is 6.00. The number of hydrogen-bond donors (Lipinski definition) is 2. The second-order valence-corrected chi connectivity index (χ2v) is 6.77. The van der Waals surface area contributed by atoms with Gasteiger partial charge >= 0.3 is 6.18 Å². The smallest absolute Gasteiger partial charge is 0.416 e. The van der Waals surface area contributed by atoms with Crippen molar-refractivity contribution in [1.29, 1.82) is 0 Å². The molecule has 1 aliphatic heterocycles. The Morgan fingerprint density at radius 1 is 1.23 bits per heavy atom. The number of benzene rings is 2. The first-order valence-corrected chi connectivity index (χ1v) is 9.13. The normalized spacial score (nSPS) is 15.7. The minimum absolute atomic E-state index is 0.0390. The standard InChI is InChI=1S/C20H16F3N5O3/c1-31-14-7-5-11(6-8-14)17-26-19-25-16(29)10-15(28(19)27-17)18(30)24-13-4-2-3-12(9-13)20(21,22)23/h2-9,15H,10H2,1H3,(H,24,30)(H,25,26,27,29). The van der Waals surface area contributed by atoms with Crippen molar-refractivity contribution in [3.8, 4) is 17.1 Å². The number of fused-ring (bicyclic) bond motifs is 1. The van der Waals surface area contributed by atoms with E-state index in [1.54, 1.807) is 24.3 Å². The zero-order valence-electron chi connectivity index (χ0n) is 16.1. The van der Waals surface area contributed by atoms with E-state index in [0.717, 1.165) is 12.1 Å². The van der Waals surface area contributed by atoms with Crippen LogP contribution in [0.1, 0.15) is 18.0 Å². The minimum atomic E-state index is -4.54. The Hall–Kier alpha value is -3.89. The summed E-state index contributed by atoms with van der Waals surface area (Å²) in [7, 11) is 1.53. The van der Waals surface area contributed by atoms with E-state index >= 15 is 0 Å². The predicted molar refractivity (Wildman–Crippen MR) is 104 cm³/mol. The van der Waals surface area contributed by atoms with Gasteiger partial charge in [0.15, 0.2) is 5.82 Å². The lowest BCUT2D eigenvalue weighted by atomic mass is 10.1. The number of amides is 2. The summed E-state index contributed by atoms with van der Waals surface area (Å²) in [5.74, 6) is -0.144. The third kappa shape index (κ3) is 4.20. The summed E-state index contributed by atoms with van der Waals surface area (Å²) in [5.41, 5.74) is -0.299. The van der Waals surface area contributed by atoms with Crippen molar-refractivity contribution in [2.45, 2.75) is 18.6 Å². The lowest BCUT2D eigenvalue weighted by molar-refractivity contribution is -0.137.